The van der Waals surface area contributed by atoms with Crippen molar-refractivity contribution >= 4 is 11.9 Å². The number of hydrogen-bond acceptors (Lipinski definition) is 8. The van der Waals surface area contributed by atoms with E-state index in [1.807, 2.05) is 6.92 Å². The Morgan fingerprint density at radius 1 is 0.818 bits per heavy atom. The van der Waals surface area contributed by atoms with Gasteiger partial charge >= 0.3 is 11.9 Å². The fraction of sp³-hybridized carbons (Fsp3) is 0.917. The van der Waals surface area contributed by atoms with Gasteiger partial charge in [0, 0.05) is 0 Å². The highest BCUT2D eigenvalue weighted by atomic mass is 16.7. The van der Waals surface area contributed by atoms with Gasteiger partial charge in [0.1, 0.15) is 24.4 Å². The van der Waals surface area contributed by atoms with Crippen LogP contribution in [0.4, 0.5) is 0 Å². The molecule has 1 fully saturated rings. The molecule has 1 saturated heterocycles. The second-order valence-corrected chi connectivity index (χ2v) is 9.05. The summed E-state index contributed by atoms with van der Waals surface area (Å²) in [4.78, 5) is 23.7. The van der Waals surface area contributed by atoms with Crippen molar-refractivity contribution in [3.63, 3.8) is 0 Å². The first-order chi connectivity index (χ1) is 15.7. The molecule has 0 saturated carbocycles. The monoisotopic (exact) mass is 476 g/mol. The molecule has 4 N–H and O–H groups in total. The zero-order chi connectivity index (χ0) is 24.8. The van der Waals surface area contributed by atoms with Crippen molar-refractivity contribution in [1.82, 2.24) is 0 Å². The van der Waals surface area contributed by atoms with Gasteiger partial charge in [-0.3, -0.25) is 9.59 Å². The number of carboxylic acid groups (broad SMARTS) is 1. The highest BCUT2D eigenvalue weighted by Crippen LogP contribution is 2.25. The third kappa shape index (κ3) is 11.6. The van der Waals surface area contributed by atoms with Crippen LogP contribution in [0.25, 0.3) is 0 Å². The standard InChI is InChI=1S/C24H44O9/c1-4-6-7-8-9-10-11-13-18(14-19(25)26)32-20(27)15-17(12-5-2)33-24-23(30)22(29)21(28)16(3)31-24/h16-18,21-24,28-30H,4-15H2,1-3H3,(H,25,26)/t16?,17?,18?,21-,22-,23?,24-/m0/s1. The number of aliphatic hydroxyl groups is 3. The third-order valence-corrected chi connectivity index (χ3v) is 5.97. The minimum absolute atomic E-state index is 0.124. The maximum atomic E-state index is 12.5. The van der Waals surface area contributed by atoms with E-state index < -0.39 is 54.9 Å². The Morgan fingerprint density at radius 3 is 2.06 bits per heavy atom. The zero-order valence-corrected chi connectivity index (χ0v) is 20.4. The van der Waals surface area contributed by atoms with Crippen LogP contribution in [0.1, 0.15) is 97.8 Å². The number of aliphatic carboxylic acids is 1. The first-order valence-corrected chi connectivity index (χ1v) is 12.5. The molecule has 0 aromatic heterocycles. The Kier molecular flexibility index (Phi) is 14.8. The van der Waals surface area contributed by atoms with Gasteiger partial charge in [0.05, 0.1) is 25.0 Å². The molecule has 1 heterocycles. The van der Waals surface area contributed by atoms with Crippen LogP contribution >= 0.6 is 0 Å². The molecule has 1 rings (SSSR count). The van der Waals surface area contributed by atoms with Gasteiger partial charge in [0.15, 0.2) is 6.29 Å². The lowest BCUT2D eigenvalue weighted by Gasteiger charge is -2.40. The molecule has 9 heteroatoms. The van der Waals surface area contributed by atoms with Crippen molar-refractivity contribution < 1.29 is 44.2 Å². The van der Waals surface area contributed by atoms with Gasteiger partial charge in [-0.1, -0.05) is 58.8 Å². The lowest BCUT2D eigenvalue weighted by atomic mass is 10.00. The first-order valence-electron chi connectivity index (χ1n) is 12.5. The number of rotatable bonds is 17. The van der Waals surface area contributed by atoms with E-state index in [0.29, 0.717) is 19.3 Å². The summed E-state index contributed by atoms with van der Waals surface area (Å²) in [6, 6.07) is 0. The van der Waals surface area contributed by atoms with Gasteiger partial charge in [-0.05, 0) is 26.2 Å². The van der Waals surface area contributed by atoms with E-state index in [0.717, 1.165) is 25.7 Å². The summed E-state index contributed by atoms with van der Waals surface area (Å²) < 4.78 is 16.7. The molecule has 7 atom stereocenters. The zero-order valence-electron chi connectivity index (χ0n) is 20.4. The normalized spacial score (nSPS) is 27.2. The molecule has 0 amide bonds. The number of aliphatic hydroxyl groups excluding tert-OH is 3. The van der Waals surface area contributed by atoms with E-state index in [2.05, 4.69) is 6.92 Å². The van der Waals surface area contributed by atoms with Crippen LogP contribution in [-0.4, -0.2) is 75.3 Å². The van der Waals surface area contributed by atoms with Crippen LogP contribution in [0, 0.1) is 0 Å². The van der Waals surface area contributed by atoms with Gasteiger partial charge in [-0.25, -0.2) is 0 Å². The molecule has 9 nitrogen and oxygen atoms in total. The van der Waals surface area contributed by atoms with Gasteiger partial charge < -0.3 is 34.6 Å². The van der Waals surface area contributed by atoms with E-state index in [1.54, 1.807) is 6.92 Å². The van der Waals surface area contributed by atoms with Crippen molar-refractivity contribution in [2.45, 2.75) is 141 Å². The highest BCUT2D eigenvalue weighted by molar-refractivity contribution is 5.72. The second kappa shape index (κ2) is 16.4. The fourth-order valence-corrected chi connectivity index (χ4v) is 4.00. The predicted molar refractivity (Wildman–Crippen MR) is 121 cm³/mol. The Balaban J connectivity index is 2.56. The molecule has 0 bridgehead atoms. The smallest absolute Gasteiger partial charge is 0.308 e. The summed E-state index contributed by atoms with van der Waals surface area (Å²) in [5.41, 5.74) is 0. The van der Waals surface area contributed by atoms with Crippen molar-refractivity contribution in [3.05, 3.63) is 0 Å². The minimum atomic E-state index is -1.45. The quantitative estimate of drug-likeness (QED) is 0.184. The van der Waals surface area contributed by atoms with Crippen LogP contribution in [0.3, 0.4) is 0 Å². The van der Waals surface area contributed by atoms with E-state index in [4.69, 9.17) is 14.2 Å². The molecule has 33 heavy (non-hydrogen) atoms. The van der Waals surface area contributed by atoms with Crippen molar-refractivity contribution in [2.24, 2.45) is 0 Å². The second-order valence-electron chi connectivity index (χ2n) is 9.05. The van der Waals surface area contributed by atoms with Gasteiger partial charge in [0.2, 0.25) is 0 Å². The Labute approximate surface area is 197 Å². The van der Waals surface area contributed by atoms with E-state index in [9.17, 15) is 30.0 Å². The van der Waals surface area contributed by atoms with Gasteiger partial charge in [-0.2, -0.15) is 0 Å². The lowest BCUT2D eigenvalue weighted by molar-refractivity contribution is -0.304. The van der Waals surface area contributed by atoms with Crippen LogP contribution in [0.15, 0.2) is 0 Å². The number of unbranched alkanes of at least 4 members (excludes halogenated alkanes) is 6. The summed E-state index contributed by atoms with van der Waals surface area (Å²) in [6.45, 7) is 5.63. The summed E-state index contributed by atoms with van der Waals surface area (Å²) in [5, 5.41) is 39.1. The van der Waals surface area contributed by atoms with Crippen LogP contribution in [0.5, 0.6) is 0 Å². The molecule has 4 unspecified atom stereocenters. The number of carbonyl (C=O) groups excluding carboxylic acids is 1. The summed E-state index contributed by atoms with van der Waals surface area (Å²) >= 11 is 0. The van der Waals surface area contributed by atoms with Crippen molar-refractivity contribution in [1.29, 1.82) is 0 Å². The van der Waals surface area contributed by atoms with Crippen molar-refractivity contribution in [2.75, 3.05) is 0 Å². The average Bonchev–Trinajstić information content (AvgIpc) is 2.74. The molecule has 0 aromatic carbocycles. The molecule has 194 valence electrons. The number of ether oxygens (including phenoxy) is 3. The van der Waals surface area contributed by atoms with Crippen molar-refractivity contribution in [3.8, 4) is 0 Å². The molecule has 0 aromatic rings. The largest absolute Gasteiger partial charge is 0.481 e. The maximum Gasteiger partial charge on any atom is 0.308 e. The van der Waals surface area contributed by atoms with Crippen LogP contribution < -0.4 is 0 Å². The molecule has 0 spiro atoms. The van der Waals surface area contributed by atoms with Crippen LogP contribution in [-0.2, 0) is 23.8 Å². The minimum Gasteiger partial charge on any atom is -0.481 e. The molecule has 0 radical (unpaired) electrons. The number of hydrogen-bond donors (Lipinski definition) is 4. The van der Waals surface area contributed by atoms with Crippen LogP contribution in [0.2, 0.25) is 0 Å². The summed E-state index contributed by atoms with van der Waals surface area (Å²) in [5.74, 6) is -1.58. The number of carbonyl (C=O) groups is 2. The summed E-state index contributed by atoms with van der Waals surface area (Å²) in [6.07, 6.45) is 1.56. The molecular weight excluding hydrogens is 432 g/mol. The Hall–Kier alpha value is -1.26. The first kappa shape index (κ1) is 29.8. The number of esters is 1. The predicted octanol–water partition coefficient (Wildman–Crippen LogP) is 2.92. The maximum absolute atomic E-state index is 12.5. The summed E-state index contributed by atoms with van der Waals surface area (Å²) in [7, 11) is 0. The van der Waals surface area contributed by atoms with Gasteiger partial charge in [0.25, 0.3) is 0 Å². The molecule has 1 aliphatic rings. The molecule has 1 aliphatic heterocycles. The number of carboxylic acids is 1. The Bertz CT molecular complexity index is 556. The topological polar surface area (TPSA) is 143 Å². The fourth-order valence-electron chi connectivity index (χ4n) is 4.00. The third-order valence-electron chi connectivity index (χ3n) is 5.97. The average molecular weight is 477 g/mol. The Morgan fingerprint density at radius 2 is 1.45 bits per heavy atom. The molecule has 0 aliphatic carbocycles. The van der Waals surface area contributed by atoms with Gasteiger partial charge in [-0.15, -0.1) is 0 Å². The SMILES string of the molecule is CCCCCCCCCC(CC(=O)O)OC(=O)CC(CCC)O[C@@H]1OC(C)[C@H](O)[C@H](O)C1O. The van der Waals surface area contributed by atoms with E-state index in [1.165, 1.54) is 19.3 Å². The highest BCUT2D eigenvalue weighted by Gasteiger charge is 2.43. The lowest BCUT2D eigenvalue weighted by Crippen LogP contribution is -2.58. The van der Waals surface area contributed by atoms with E-state index >= 15 is 0 Å². The van der Waals surface area contributed by atoms with E-state index in [-0.39, 0.29) is 12.8 Å². The molecular formula is C24H44O9.